The van der Waals surface area contributed by atoms with Gasteiger partial charge in [0, 0.05) is 23.3 Å². The molecular formula is C16H8BrFN4O2. The Balaban J connectivity index is 2.21. The number of pyridine rings is 1. The normalized spacial score (nSPS) is 10.4. The first-order valence-corrected chi connectivity index (χ1v) is 7.49. The zero-order valence-corrected chi connectivity index (χ0v) is 13.5. The molecule has 0 aliphatic carbocycles. The Morgan fingerprint density at radius 2 is 2.12 bits per heavy atom. The second-order valence-corrected chi connectivity index (χ2v) is 5.70. The highest BCUT2D eigenvalue weighted by Gasteiger charge is 2.17. The molecule has 6 nitrogen and oxygen atoms in total. The Bertz CT molecular complexity index is 1020. The maximum Gasteiger partial charge on any atom is 0.295 e. The number of fused-ring (bicyclic) bond motifs is 1. The van der Waals surface area contributed by atoms with E-state index in [0.29, 0.717) is 16.8 Å². The maximum atomic E-state index is 13.4. The molecule has 24 heavy (non-hydrogen) atoms. The van der Waals surface area contributed by atoms with E-state index in [1.165, 1.54) is 36.5 Å². The van der Waals surface area contributed by atoms with Crippen molar-refractivity contribution in [1.29, 1.82) is 5.26 Å². The number of non-ortho nitro benzene ring substituents is 1. The van der Waals surface area contributed by atoms with E-state index >= 15 is 0 Å². The average Bonchev–Trinajstić information content (AvgIpc) is 2.57. The molecule has 8 heteroatoms. The van der Waals surface area contributed by atoms with Gasteiger partial charge in [0.15, 0.2) is 0 Å². The minimum Gasteiger partial charge on any atom is -0.354 e. The van der Waals surface area contributed by atoms with Crippen molar-refractivity contribution in [1.82, 2.24) is 4.98 Å². The summed E-state index contributed by atoms with van der Waals surface area (Å²) in [6, 6.07) is 10.8. The Kier molecular flexibility index (Phi) is 4.10. The van der Waals surface area contributed by atoms with E-state index < -0.39 is 10.7 Å². The van der Waals surface area contributed by atoms with E-state index in [1.807, 2.05) is 6.07 Å². The summed E-state index contributed by atoms with van der Waals surface area (Å²) in [6.45, 7) is 0. The Morgan fingerprint density at radius 1 is 1.33 bits per heavy atom. The molecule has 1 aromatic heterocycles. The van der Waals surface area contributed by atoms with Crippen molar-refractivity contribution >= 4 is 43.9 Å². The van der Waals surface area contributed by atoms with Crippen molar-refractivity contribution in [3.63, 3.8) is 0 Å². The maximum absolute atomic E-state index is 13.4. The molecule has 0 fully saturated rings. The smallest absolute Gasteiger partial charge is 0.295 e. The predicted octanol–water partition coefficient (Wildman–Crippen LogP) is 4.66. The first kappa shape index (κ1) is 15.8. The zero-order valence-electron chi connectivity index (χ0n) is 12.0. The third kappa shape index (κ3) is 2.77. The molecule has 3 rings (SSSR count). The van der Waals surface area contributed by atoms with Crippen LogP contribution in [0.15, 0.2) is 47.1 Å². The van der Waals surface area contributed by atoms with Gasteiger partial charge in [0.25, 0.3) is 5.69 Å². The molecule has 0 aliphatic rings. The van der Waals surface area contributed by atoms with Gasteiger partial charge in [0.2, 0.25) is 0 Å². The molecule has 1 heterocycles. The minimum absolute atomic E-state index is 0.152. The number of anilines is 2. The molecule has 118 valence electrons. The molecule has 0 amide bonds. The van der Waals surface area contributed by atoms with Crippen LogP contribution in [-0.2, 0) is 0 Å². The van der Waals surface area contributed by atoms with Crippen molar-refractivity contribution in [2.45, 2.75) is 0 Å². The van der Waals surface area contributed by atoms with Crippen molar-refractivity contribution in [2.75, 3.05) is 5.32 Å². The summed E-state index contributed by atoms with van der Waals surface area (Å²) in [5.41, 5.74) is 1.15. The summed E-state index contributed by atoms with van der Waals surface area (Å²) in [4.78, 5) is 14.7. The highest BCUT2D eigenvalue weighted by atomic mass is 79.9. The lowest BCUT2D eigenvalue weighted by Gasteiger charge is -2.12. The summed E-state index contributed by atoms with van der Waals surface area (Å²) >= 11 is 3.09. The molecule has 0 spiro atoms. The number of hydrogen-bond acceptors (Lipinski definition) is 5. The second kappa shape index (κ2) is 6.22. The lowest BCUT2D eigenvalue weighted by Crippen LogP contribution is -1.99. The summed E-state index contributed by atoms with van der Waals surface area (Å²) in [5.74, 6) is -0.420. The molecule has 0 unspecified atom stereocenters. The van der Waals surface area contributed by atoms with Crippen LogP contribution in [0.25, 0.3) is 10.9 Å². The van der Waals surface area contributed by atoms with Gasteiger partial charge in [-0.1, -0.05) is 12.1 Å². The van der Waals surface area contributed by atoms with Gasteiger partial charge in [-0.25, -0.2) is 9.37 Å². The monoisotopic (exact) mass is 386 g/mol. The van der Waals surface area contributed by atoms with E-state index in [2.05, 4.69) is 26.2 Å². The number of aromatic nitrogens is 1. The number of para-hydroxylation sites is 1. The van der Waals surface area contributed by atoms with Gasteiger partial charge in [-0.3, -0.25) is 10.1 Å². The fourth-order valence-electron chi connectivity index (χ4n) is 2.29. The summed E-state index contributed by atoms with van der Waals surface area (Å²) < 4.78 is 13.6. The topological polar surface area (TPSA) is 91.8 Å². The molecule has 2 aromatic carbocycles. The van der Waals surface area contributed by atoms with E-state index in [9.17, 15) is 19.8 Å². The van der Waals surface area contributed by atoms with Crippen LogP contribution in [0.3, 0.4) is 0 Å². The molecule has 0 bridgehead atoms. The average molecular weight is 387 g/mol. The first-order valence-electron chi connectivity index (χ1n) is 6.69. The Morgan fingerprint density at radius 3 is 2.79 bits per heavy atom. The number of rotatable bonds is 3. The SMILES string of the molecule is N#Cc1cnc2c([N+](=O)[O-])cccc2c1Nc1ccc(F)c(Br)c1. The fourth-order valence-corrected chi connectivity index (χ4v) is 2.67. The van der Waals surface area contributed by atoms with Gasteiger partial charge in [-0.2, -0.15) is 5.26 Å². The van der Waals surface area contributed by atoms with Crippen LogP contribution >= 0.6 is 15.9 Å². The number of nitro benzene ring substituents is 1. The Labute approximate surface area is 143 Å². The third-order valence-corrected chi connectivity index (χ3v) is 3.99. The van der Waals surface area contributed by atoms with Crippen LogP contribution in [0.2, 0.25) is 0 Å². The van der Waals surface area contributed by atoms with Crippen LogP contribution in [0.5, 0.6) is 0 Å². The van der Waals surface area contributed by atoms with Gasteiger partial charge in [-0.05, 0) is 34.1 Å². The Hall–Kier alpha value is -3.05. The lowest BCUT2D eigenvalue weighted by atomic mass is 10.1. The number of nitriles is 1. The molecule has 0 aliphatic heterocycles. The summed E-state index contributed by atoms with van der Waals surface area (Å²) in [7, 11) is 0. The van der Waals surface area contributed by atoms with Crippen LogP contribution < -0.4 is 5.32 Å². The van der Waals surface area contributed by atoms with Crippen LogP contribution in [0.4, 0.5) is 21.5 Å². The van der Waals surface area contributed by atoms with Gasteiger partial charge in [0.05, 0.1) is 20.6 Å². The second-order valence-electron chi connectivity index (χ2n) is 4.84. The first-order chi connectivity index (χ1) is 11.5. The number of nitrogens with zero attached hydrogens (tertiary/aromatic N) is 3. The van der Waals surface area contributed by atoms with E-state index in [0.717, 1.165) is 0 Å². The molecule has 3 aromatic rings. The van der Waals surface area contributed by atoms with Gasteiger partial charge in [-0.15, -0.1) is 0 Å². The number of halogens is 2. The van der Waals surface area contributed by atoms with Gasteiger partial charge >= 0.3 is 0 Å². The van der Waals surface area contributed by atoms with Gasteiger partial charge in [0.1, 0.15) is 17.4 Å². The van der Waals surface area contributed by atoms with Crippen LogP contribution in [0, 0.1) is 27.3 Å². The van der Waals surface area contributed by atoms with Crippen LogP contribution in [-0.4, -0.2) is 9.91 Å². The predicted molar refractivity (Wildman–Crippen MR) is 90.5 cm³/mol. The molecule has 0 atom stereocenters. The number of benzene rings is 2. The van der Waals surface area contributed by atoms with E-state index in [-0.39, 0.29) is 21.2 Å². The van der Waals surface area contributed by atoms with Crippen molar-refractivity contribution in [3.05, 3.63) is 68.6 Å². The highest BCUT2D eigenvalue weighted by molar-refractivity contribution is 9.10. The number of nitrogens with one attached hydrogen (secondary N) is 1. The third-order valence-electron chi connectivity index (χ3n) is 3.38. The minimum atomic E-state index is -0.528. The van der Waals surface area contributed by atoms with E-state index in [1.54, 1.807) is 6.07 Å². The standard InChI is InChI=1S/C16H8BrFN4O2/c17-12-6-10(4-5-13(12)18)21-15-9(7-19)8-20-16-11(15)2-1-3-14(16)22(23)24/h1-6,8H,(H,20,21). The molecule has 0 saturated heterocycles. The zero-order chi connectivity index (χ0) is 17.3. The largest absolute Gasteiger partial charge is 0.354 e. The van der Waals surface area contributed by atoms with Crippen molar-refractivity contribution in [3.8, 4) is 6.07 Å². The molecular weight excluding hydrogens is 379 g/mol. The quantitative estimate of drug-likeness (QED) is 0.521. The van der Waals surface area contributed by atoms with E-state index in [4.69, 9.17) is 0 Å². The number of nitro groups is 1. The van der Waals surface area contributed by atoms with Crippen molar-refractivity contribution in [2.24, 2.45) is 0 Å². The molecule has 1 N–H and O–H groups in total. The summed E-state index contributed by atoms with van der Waals surface area (Å²) in [5, 5.41) is 23.9. The fraction of sp³-hybridized carbons (Fsp3) is 0. The lowest BCUT2D eigenvalue weighted by molar-refractivity contribution is -0.383. The van der Waals surface area contributed by atoms with Crippen LogP contribution in [0.1, 0.15) is 5.56 Å². The van der Waals surface area contributed by atoms with Crippen molar-refractivity contribution < 1.29 is 9.31 Å². The molecule has 0 saturated carbocycles. The molecule has 0 radical (unpaired) electrons. The van der Waals surface area contributed by atoms with Gasteiger partial charge < -0.3 is 5.32 Å². The summed E-state index contributed by atoms with van der Waals surface area (Å²) in [6.07, 6.45) is 1.27. The number of hydrogen-bond donors (Lipinski definition) is 1. The highest BCUT2D eigenvalue weighted by Crippen LogP contribution is 2.33.